The van der Waals surface area contributed by atoms with Crippen LogP contribution in [-0.4, -0.2) is 31.1 Å². The number of rotatable bonds is 7. The molecule has 0 saturated carbocycles. The highest BCUT2D eigenvalue weighted by Gasteiger charge is 2.18. The van der Waals surface area contributed by atoms with Crippen LogP contribution in [0.25, 0.3) is 0 Å². The number of likely N-dealkylation sites (N-methyl/N-ethyl adjacent to an activating group) is 2. The number of benzene rings is 1. The normalized spacial score (nSPS) is 14.7. The summed E-state index contributed by atoms with van der Waals surface area (Å²) in [6.07, 6.45) is 1.21. The molecule has 0 aliphatic carbocycles. The van der Waals surface area contributed by atoms with Crippen LogP contribution >= 0.6 is 0 Å². The smallest absolute Gasteiger partial charge is 0.0449 e. The Morgan fingerprint density at radius 1 is 1.21 bits per heavy atom. The van der Waals surface area contributed by atoms with Crippen molar-refractivity contribution in [1.82, 2.24) is 10.2 Å². The van der Waals surface area contributed by atoms with Crippen LogP contribution in [0.4, 0.5) is 0 Å². The second kappa shape index (κ2) is 7.66. The Bertz CT molecular complexity index is 387. The van der Waals surface area contributed by atoms with E-state index in [2.05, 4.69) is 70.1 Å². The third kappa shape index (κ3) is 4.32. The van der Waals surface area contributed by atoms with Gasteiger partial charge in [-0.1, -0.05) is 37.6 Å². The highest BCUT2D eigenvalue weighted by molar-refractivity contribution is 5.33. The second-order valence-corrected chi connectivity index (χ2v) is 5.55. The molecule has 1 aromatic carbocycles. The van der Waals surface area contributed by atoms with Gasteiger partial charge in [-0.2, -0.15) is 0 Å². The highest BCUT2D eigenvalue weighted by Crippen LogP contribution is 2.21. The van der Waals surface area contributed by atoms with Crippen LogP contribution in [0.15, 0.2) is 18.2 Å². The van der Waals surface area contributed by atoms with Crippen LogP contribution in [0.5, 0.6) is 0 Å². The summed E-state index contributed by atoms with van der Waals surface area (Å²) in [7, 11) is 2.07. The zero-order valence-electron chi connectivity index (χ0n) is 13.5. The Kier molecular flexibility index (Phi) is 6.53. The molecule has 0 fully saturated rings. The molecule has 0 amide bonds. The molecule has 2 heteroatoms. The largest absolute Gasteiger partial charge is 0.312 e. The molecule has 0 aliphatic rings. The van der Waals surface area contributed by atoms with E-state index >= 15 is 0 Å². The first-order valence-corrected chi connectivity index (χ1v) is 7.51. The summed E-state index contributed by atoms with van der Waals surface area (Å²) < 4.78 is 0. The monoisotopic (exact) mass is 262 g/mol. The van der Waals surface area contributed by atoms with Crippen molar-refractivity contribution in [2.24, 2.45) is 0 Å². The molecule has 2 nitrogen and oxygen atoms in total. The number of hydrogen-bond donors (Lipinski definition) is 1. The van der Waals surface area contributed by atoms with Crippen molar-refractivity contribution in [2.45, 2.75) is 53.1 Å². The average molecular weight is 262 g/mol. The zero-order valence-corrected chi connectivity index (χ0v) is 13.5. The lowest BCUT2D eigenvalue weighted by molar-refractivity contribution is 0.194. The van der Waals surface area contributed by atoms with Crippen LogP contribution < -0.4 is 5.32 Å². The van der Waals surface area contributed by atoms with Gasteiger partial charge >= 0.3 is 0 Å². The van der Waals surface area contributed by atoms with Gasteiger partial charge in [0.15, 0.2) is 0 Å². The summed E-state index contributed by atoms with van der Waals surface area (Å²) in [6.45, 7) is 13.4. The van der Waals surface area contributed by atoms with Crippen molar-refractivity contribution in [3.63, 3.8) is 0 Å². The molecular weight excluding hydrogens is 232 g/mol. The Labute approximate surface area is 119 Å². The van der Waals surface area contributed by atoms with Crippen LogP contribution in [0, 0.1) is 13.8 Å². The maximum Gasteiger partial charge on any atom is 0.0449 e. The van der Waals surface area contributed by atoms with Crippen molar-refractivity contribution in [2.75, 3.05) is 20.1 Å². The SMILES string of the molecule is CCC(C)N(CC)CC(NC)c1cc(C)ccc1C. The van der Waals surface area contributed by atoms with Gasteiger partial charge in [0.25, 0.3) is 0 Å². The fourth-order valence-corrected chi connectivity index (χ4v) is 2.59. The second-order valence-electron chi connectivity index (χ2n) is 5.55. The number of aryl methyl sites for hydroxylation is 2. The molecule has 0 bridgehead atoms. The van der Waals surface area contributed by atoms with E-state index in [9.17, 15) is 0 Å². The van der Waals surface area contributed by atoms with E-state index < -0.39 is 0 Å². The Balaban J connectivity index is 2.90. The zero-order chi connectivity index (χ0) is 14.4. The van der Waals surface area contributed by atoms with E-state index in [0.29, 0.717) is 12.1 Å². The van der Waals surface area contributed by atoms with Gasteiger partial charge in [-0.15, -0.1) is 0 Å². The molecule has 1 rings (SSSR count). The summed E-state index contributed by atoms with van der Waals surface area (Å²) in [4.78, 5) is 2.56. The average Bonchev–Trinajstić information content (AvgIpc) is 2.42. The van der Waals surface area contributed by atoms with Gasteiger partial charge in [0.05, 0.1) is 0 Å². The van der Waals surface area contributed by atoms with Gasteiger partial charge in [-0.3, -0.25) is 4.90 Å². The maximum absolute atomic E-state index is 3.49. The van der Waals surface area contributed by atoms with Gasteiger partial charge in [-0.05, 0) is 51.9 Å². The summed E-state index contributed by atoms with van der Waals surface area (Å²) >= 11 is 0. The van der Waals surface area contributed by atoms with E-state index in [4.69, 9.17) is 0 Å². The lowest BCUT2D eigenvalue weighted by atomic mass is 9.98. The molecule has 0 aliphatic heterocycles. The molecular formula is C17H30N2. The Hall–Kier alpha value is -0.860. The van der Waals surface area contributed by atoms with Gasteiger partial charge in [-0.25, -0.2) is 0 Å². The first-order valence-electron chi connectivity index (χ1n) is 7.51. The first-order chi connectivity index (χ1) is 9.03. The third-order valence-corrected chi connectivity index (χ3v) is 4.20. The predicted octanol–water partition coefficient (Wildman–Crippen LogP) is 3.68. The first kappa shape index (κ1) is 16.2. The summed E-state index contributed by atoms with van der Waals surface area (Å²) in [5.41, 5.74) is 4.15. The summed E-state index contributed by atoms with van der Waals surface area (Å²) in [6, 6.07) is 7.80. The summed E-state index contributed by atoms with van der Waals surface area (Å²) in [5.74, 6) is 0. The Morgan fingerprint density at radius 3 is 2.42 bits per heavy atom. The molecule has 0 radical (unpaired) electrons. The molecule has 108 valence electrons. The quantitative estimate of drug-likeness (QED) is 0.806. The molecule has 1 N–H and O–H groups in total. The topological polar surface area (TPSA) is 15.3 Å². The maximum atomic E-state index is 3.49. The molecule has 2 unspecified atom stereocenters. The minimum Gasteiger partial charge on any atom is -0.312 e. The Morgan fingerprint density at radius 2 is 1.89 bits per heavy atom. The molecule has 0 heterocycles. The minimum absolute atomic E-state index is 0.411. The van der Waals surface area contributed by atoms with Gasteiger partial charge < -0.3 is 5.32 Å². The number of nitrogens with zero attached hydrogens (tertiary/aromatic N) is 1. The fraction of sp³-hybridized carbons (Fsp3) is 0.647. The van der Waals surface area contributed by atoms with E-state index in [-0.39, 0.29) is 0 Å². The molecule has 0 saturated heterocycles. The molecule has 0 spiro atoms. The van der Waals surface area contributed by atoms with Crippen LogP contribution in [0.2, 0.25) is 0 Å². The van der Waals surface area contributed by atoms with Crippen LogP contribution in [0.3, 0.4) is 0 Å². The van der Waals surface area contributed by atoms with E-state index in [1.807, 2.05) is 0 Å². The van der Waals surface area contributed by atoms with Crippen LogP contribution in [-0.2, 0) is 0 Å². The fourth-order valence-electron chi connectivity index (χ4n) is 2.59. The van der Waals surface area contributed by atoms with Crippen molar-refractivity contribution in [3.8, 4) is 0 Å². The molecule has 0 aromatic heterocycles. The lowest BCUT2D eigenvalue weighted by Crippen LogP contribution is -2.39. The third-order valence-electron chi connectivity index (χ3n) is 4.20. The number of hydrogen-bond acceptors (Lipinski definition) is 2. The minimum atomic E-state index is 0.411. The van der Waals surface area contributed by atoms with E-state index in [1.165, 1.54) is 23.1 Å². The van der Waals surface area contributed by atoms with Crippen LogP contribution in [0.1, 0.15) is 49.9 Å². The molecule has 2 atom stereocenters. The molecule has 1 aromatic rings. The van der Waals surface area contributed by atoms with Gasteiger partial charge in [0.1, 0.15) is 0 Å². The van der Waals surface area contributed by atoms with Crippen molar-refractivity contribution >= 4 is 0 Å². The van der Waals surface area contributed by atoms with Crippen molar-refractivity contribution in [3.05, 3.63) is 34.9 Å². The predicted molar refractivity (Wildman–Crippen MR) is 84.7 cm³/mol. The van der Waals surface area contributed by atoms with Gasteiger partial charge in [0.2, 0.25) is 0 Å². The number of nitrogens with one attached hydrogen (secondary N) is 1. The highest BCUT2D eigenvalue weighted by atomic mass is 15.2. The van der Waals surface area contributed by atoms with Crippen molar-refractivity contribution in [1.29, 1.82) is 0 Å². The van der Waals surface area contributed by atoms with E-state index in [0.717, 1.165) is 13.1 Å². The van der Waals surface area contributed by atoms with Gasteiger partial charge in [0, 0.05) is 18.6 Å². The molecule has 19 heavy (non-hydrogen) atoms. The lowest BCUT2D eigenvalue weighted by Gasteiger charge is -2.32. The van der Waals surface area contributed by atoms with E-state index in [1.54, 1.807) is 0 Å². The van der Waals surface area contributed by atoms with Crippen molar-refractivity contribution < 1.29 is 0 Å². The summed E-state index contributed by atoms with van der Waals surface area (Å²) in [5, 5.41) is 3.49. The standard InChI is InChI=1S/C17H30N2/c1-7-15(5)19(8-2)12-17(18-6)16-11-13(3)9-10-14(16)4/h9-11,15,17-18H,7-8,12H2,1-6H3.